The molecule has 2 aromatic carbocycles. The SMILES string of the molecule is Cc1c(Cl)cccc1NC(=O)c1cc(N)ccc1[N+](=O)[O-]. The minimum absolute atomic E-state index is 0.0978. The monoisotopic (exact) mass is 305 g/mol. The lowest BCUT2D eigenvalue weighted by Crippen LogP contribution is -2.15. The van der Waals surface area contributed by atoms with Crippen LogP contribution in [0.4, 0.5) is 17.1 Å². The van der Waals surface area contributed by atoms with Gasteiger partial charge >= 0.3 is 0 Å². The van der Waals surface area contributed by atoms with Gasteiger partial charge in [0.1, 0.15) is 5.56 Å². The molecule has 0 radical (unpaired) electrons. The van der Waals surface area contributed by atoms with Crippen molar-refractivity contribution in [1.29, 1.82) is 0 Å². The molecule has 0 unspecified atom stereocenters. The van der Waals surface area contributed by atoms with Gasteiger partial charge in [-0.05, 0) is 36.8 Å². The summed E-state index contributed by atoms with van der Waals surface area (Å²) in [5.74, 6) is -0.612. The number of anilines is 2. The lowest BCUT2D eigenvalue weighted by molar-refractivity contribution is -0.385. The maximum atomic E-state index is 12.2. The van der Waals surface area contributed by atoms with Gasteiger partial charge in [-0.2, -0.15) is 0 Å². The van der Waals surface area contributed by atoms with Crippen LogP contribution in [0.1, 0.15) is 15.9 Å². The zero-order chi connectivity index (χ0) is 15.6. The second kappa shape index (κ2) is 5.80. The van der Waals surface area contributed by atoms with Crippen LogP contribution in [-0.2, 0) is 0 Å². The molecule has 0 saturated carbocycles. The zero-order valence-electron chi connectivity index (χ0n) is 11.1. The summed E-state index contributed by atoms with van der Waals surface area (Å²) in [5.41, 5.74) is 6.63. The first-order valence-corrected chi connectivity index (χ1v) is 6.38. The van der Waals surface area contributed by atoms with Gasteiger partial charge in [-0.25, -0.2) is 0 Å². The fourth-order valence-corrected chi connectivity index (χ4v) is 2.00. The lowest BCUT2D eigenvalue weighted by Gasteiger charge is -2.10. The third kappa shape index (κ3) is 3.11. The van der Waals surface area contributed by atoms with Crippen molar-refractivity contribution in [3.8, 4) is 0 Å². The number of nitrogens with one attached hydrogen (secondary N) is 1. The van der Waals surface area contributed by atoms with E-state index in [4.69, 9.17) is 17.3 Å². The highest BCUT2D eigenvalue weighted by Crippen LogP contribution is 2.26. The average molecular weight is 306 g/mol. The Labute approximate surface area is 125 Å². The number of halogens is 1. The summed E-state index contributed by atoms with van der Waals surface area (Å²) in [5, 5.41) is 14.1. The van der Waals surface area contributed by atoms with E-state index in [1.54, 1.807) is 25.1 Å². The number of nitrogens with two attached hydrogens (primary N) is 1. The van der Waals surface area contributed by atoms with Gasteiger partial charge in [0.15, 0.2) is 0 Å². The number of amides is 1. The molecule has 6 nitrogen and oxygen atoms in total. The molecule has 108 valence electrons. The number of hydrogen-bond donors (Lipinski definition) is 2. The van der Waals surface area contributed by atoms with Crippen LogP contribution in [0.3, 0.4) is 0 Å². The van der Waals surface area contributed by atoms with Crippen LogP contribution in [0.25, 0.3) is 0 Å². The van der Waals surface area contributed by atoms with Gasteiger partial charge in [0.2, 0.25) is 0 Å². The highest BCUT2D eigenvalue weighted by molar-refractivity contribution is 6.31. The van der Waals surface area contributed by atoms with Crippen LogP contribution in [0.2, 0.25) is 5.02 Å². The summed E-state index contributed by atoms with van der Waals surface area (Å²) in [6, 6.07) is 8.88. The Morgan fingerprint density at radius 2 is 2.05 bits per heavy atom. The Balaban J connectivity index is 2.39. The minimum atomic E-state index is -0.626. The van der Waals surface area contributed by atoms with E-state index in [1.165, 1.54) is 18.2 Å². The van der Waals surface area contributed by atoms with Gasteiger partial charge in [-0.1, -0.05) is 17.7 Å². The van der Waals surface area contributed by atoms with Crippen molar-refractivity contribution in [2.24, 2.45) is 0 Å². The molecular formula is C14H12ClN3O3. The summed E-state index contributed by atoms with van der Waals surface area (Å²) in [6.45, 7) is 1.74. The maximum absolute atomic E-state index is 12.2. The molecule has 0 aromatic heterocycles. The Morgan fingerprint density at radius 3 is 2.71 bits per heavy atom. The topological polar surface area (TPSA) is 98.3 Å². The van der Waals surface area contributed by atoms with Gasteiger partial charge in [-0.15, -0.1) is 0 Å². The molecule has 0 fully saturated rings. The predicted molar refractivity (Wildman–Crippen MR) is 81.7 cm³/mol. The highest BCUT2D eigenvalue weighted by atomic mass is 35.5. The number of nitro benzene ring substituents is 1. The Bertz CT molecular complexity index is 731. The first-order chi connectivity index (χ1) is 9.90. The van der Waals surface area contributed by atoms with Crippen molar-refractivity contribution in [3.63, 3.8) is 0 Å². The van der Waals surface area contributed by atoms with Gasteiger partial charge in [-0.3, -0.25) is 14.9 Å². The first-order valence-electron chi connectivity index (χ1n) is 6.00. The lowest BCUT2D eigenvalue weighted by atomic mass is 10.1. The largest absolute Gasteiger partial charge is 0.399 e. The first kappa shape index (κ1) is 14.8. The summed E-state index contributed by atoms with van der Waals surface area (Å²) < 4.78 is 0. The van der Waals surface area contributed by atoms with Gasteiger partial charge in [0, 0.05) is 22.5 Å². The van der Waals surface area contributed by atoms with Crippen molar-refractivity contribution >= 4 is 34.6 Å². The number of carbonyl (C=O) groups is 1. The standard InChI is InChI=1S/C14H12ClN3O3/c1-8-11(15)3-2-4-12(8)17-14(19)10-7-9(16)5-6-13(10)18(20)21/h2-7H,16H2,1H3,(H,17,19). The summed E-state index contributed by atoms with van der Waals surface area (Å²) >= 11 is 5.97. The molecule has 0 heterocycles. The number of nitro groups is 1. The molecule has 0 aliphatic heterocycles. The Kier molecular flexibility index (Phi) is 4.09. The molecule has 0 saturated heterocycles. The molecule has 7 heteroatoms. The molecule has 1 amide bonds. The van der Waals surface area contributed by atoms with Crippen molar-refractivity contribution in [3.05, 3.63) is 62.7 Å². The quantitative estimate of drug-likeness (QED) is 0.516. The van der Waals surface area contributed by atoms with Crippen LogP contribution in [0.15, 0.2) is 36.4 Å². The van der Waals surface area contributed by atoms with Crippen LogP contribution >= 0.6 is 11.6 Å². The number of nitrogen functional groups attached to an aromatic ring is 1. The molecule has 3 N–H and O–H groups in total. The second-order valence-corrected chi connectivity index (χ2v) is 4.81. The molecule has 2 rings (SSSR count). The van der Waals surface area contributed by atoms with Crippen LogP contribution in [0.5, 0.6) is 0 Å². The van der Waals surface area contributed by atoms with E-state index in [0.717, 1.165) is 0 Å². The van der Waals surface area contributed by atoms with Crippen molar-refractivity contribution in [2.45, 2.75) is 6.92 Å². The maximum Gasteiger partial charge on any atom is 0.282 e. The summed E-state index contributed by atoms with van der Waals surface area (Å²) in [4.78, 5) is 22.6. The van der Waals surface area contributed by atoms with Crippen molar-refractivity contribution in [2.75, 3.05) is 11.1 Å². The summed E-state index contributed by atoms with van der Waals surface area (Å²) in [7, 11) is 0. The van der Waals surface area contributed by atoms with Crippen LogP contribution in [0, 0.1) is 17.0 Å². The number of carbonyl (C=O) groups excluding carboxylic acids is 1. The molecule has 0 aliphatic carbocycles. The predicted octanol–water partition coefficient (Wildman–Crippen LogP) is 3.39. The fraction of sp³-hybridized carbons (Fsp3) is 0.0714. The van der Waals surface area contributed by atoms with E-state index in [9.17, 15) is 14.9 Å². The average Bonchev–Trinajstić information content (AvgIpc) is 2.43. The number of rotatable bonds is 3. The molecule has 0 spiro atoms. The highest BCUT2D eigenvalue weighted by Gasteiger charge is 2.21. The molecular weight excluding hydrogens is 294 g/mol. The van der Waals surface area contributed by atoms with Gasteiger partial charge in [0.25, 0.3) is 11.6 Å². The Hall–Kier alpha value is -2.60. The van der Waals surface area contributed by atoms with E-state index in [-0.39, 0.29) is 16.9 Å². The van der Waals surface area contributed by atoms with E-state index in [2.05, 4.69) is 5.32 Å². The van der Waals surface area contributed by atoms with E-state index >= 15 is 0 Å². The third-order valence-electron chi connectivity index (χ3n) is 2.98. The van der Waals surface area contributed by atoms with E-state index in [1.807, 2.05) is 0 Å². The number of nitrogens with zero attached hydrogens (tertiary/aromatic N) is 1. The molecule has 21 heavy (non-hydrogen) atoms. The van der Waals surface area contributed by atoms with Gasteiger partial charge in [0.05, 0.1) is 4.92 Å². The number of hydrogen-bond acceptors (Lipinski definition) is 4. The van der Waals surface area contributed by atoms with Crippen LogP contribution in [-0.4, -0.2) is 10.8 Å². The van der Waals surface area contributed by atoms with Crippen molar-refractivity contribution in [1.82, 2.24) is 0 Å². The molecule has 2 aromatic rings. The molecule has 0 aliphatic rings. The van der Waals surface area contributed by atoms with Gasteiger partial charge < -0.3 is 11.1 Å². The number of benzene rings is 2. The van der Waals surface area contributed by atoms with Crippen molar-refractivity contribution < 1.29 is 9.72 Å². The minimum Gasteiger partial charge on any atom is -0.399 e. The molecule has 0 atom stereocenters. The second-order valence-electron chi connectivity index (χ2n) is 4.40. The van der Waals surface area contributed by atoms with E-state index < -0.39 is 10.8 Å². The zero-order valence-corrected chi connectivity index (χ0v) is 11.8. The fourth-order valence-electron chi connectivity index (χ4n) is 1.83. The van der Waals surface area contributed by atoms with E-state index in [0.29, 0.717) is 16.3 Å². The molecule has 0 bridgehead atoms. The smallest absolute Gasteiger partial charge is 0.282 e. The van der Waals surface area contributed by atoms with Crippen LogP contribution < -0.4 is 11.1 Å². The Morgan fingerprint density at radius 1 is 1.33 bits per heavy atom. The normalized spacial score (nSPS) is 10.2. The third-order valence-corrected chi connectivity index (χ3v) is 3.39. The summed E-state index contributed by atoms with van der Waals surface area (Å²) in [6.07, 6.45) is 0.